The molecule has 0 aromatic carbocycles. The van der Waals surface area contributed by atoms with Gasteiger partial charge < -0.3 is 14.2 Å². The molecule has 0 unspecified atom stereocenters. The first kappa shape index (κ1) is 58.9. The van der Waals surface area contributed by atoms with E-state index in [4.69, 9.17) is 14.2 Å². The lowest BCUT2D eigenvalue weighted by Gasteiger charge is -2.18. The molecule has 0 aliphatic carbocycles. The minimum absolute atomic E-state index is 0.0886. The number of esters is 3. The molecule has 0 fully saturated rings. The fraction of sp³-hybridized carbons (Fsp3) is 0.732. The van der Waals surface area contributed by atoms with E-state index in [0.717, 1.165) is 122 Å². The van der Waals surface area contributed by atoms with Crippen LogP contribution in [0.5, 0.6) is 0 Å². The molecule has 6 heteroatoms. The van der Waals surface area contributed by atoms with Crippen LogP contribution in [0.3, 0.4) is 0 Å². The van der Waals surface area contributed by atoms with Crippen molar-refractivity contribution in [3.8, 4) is 0 Å². The molecule has 356 valence electrons. The summed E-state index contributed by atoms with van der Waals surface area (Å²) in [5.74, 6) is -0.925. The van der Waals surface area contributed by atoms with Gasteiger partial charge in [0.25, 0.3) is 0 Å². The molecule has 62 heavy (non-hydrogen) atoms. The molecular formula is C56H96O6. The van der Waals surface area contributed by atoms with Crippen LogP contribution in [0.2, 0.25) is 0 Å². The van der Waals surface area contributed by atoms with Crippen LogP contribution in [0.15, 0.2) is 72.9 Å². The van der Waals surface area contributed by atoms with Crippen molar-refractivity contribution in [3.05, 3.63) is 72.9 Å². The summed E-state index contributed by atoms with van der Waals surface area (Å²) in [5, 5.41) is 0. The van der Waals surface area contributed by atoms with Gasteiger partial charge in [-0.25, -0.2) is 0 Å². The normalized spacial score (nSPS) is 12.6. The van der Waals surface area contributed by atoms with Crippen molar-refractivity contribution in [1.29, 1.82) is 0 Å². The maximum Gasteiger partial charge on any atom is 0.306 e. The SMILES string of the molecule is CC/C=C\C/C=C\C/C=C\C/C=C\CCCCCCC(=O)O[C@H](COC(=O)CCCCCCC/C=C\C/C=C\CCCCC)COC(=O)CCCCCCCCCCCCCC. The van der Waals surface area contributed by atoms with Gasteiger partial charge in [0.1, 0.15) is 13.2 Å². The highest BCUT2D eigenvalue weighted by molar-refractivity contribution is 5.71. The Morgan fingerprint density at radius 2 is 0.629 bits per heavy atom. The van der Waals surface area contributed by atoms with Gasteiger partial charge in [0, 0.05) is 19.3 Å². The van der Waals surface area contributed by atoms with Crippen molar-refractivity contribution in [3.63, 3.8) is 0 Å². The van der Waals surface area contributed by atoms with Crippen molar-refractivity contribution in [2.24, 2.45) is 0 Å². The van der Waals surface area contributed by atoms with Crippen LogP contribution in [0.4, 0.5) is 0 Å². The summed E-state index contributed by atoms with van der Waals surface area (Å²) in [6, 6.07) is 0. The topological polar surface area (TPSA) is 78.9 Å². The molecule has 0 saturated heterocycles. The van der Waals surface area contributed by atoms with Crippen molar-refractivity contribution in [1.82, 2.24) is 0 Å². The van der Waals surface area contributed by atoms with Crippen molar-refractivity contribution < 1.29 is 28.6 Å². The summed E-state index contributed by atoms with van der Waals surface area (Å²) in [6.45, 7) is 6.46. The van der Waals surface area contributed by atoms with Gasteiger partial charge in [-0.15, -0.1) is 0 Å². The number of hydrogen-bond acceptors (Lipinski definition) is 6. The van der Waals surface area contributed by atoms with Gasteiger partial charge in [0.15, 0.2) is 6.10 Å². The van der Waals surface area contributed by atoms with Gasteiger partial charge in [-0.1, -0.05) is 209 Å². The molecular weight excluding hydrogens is 769 g/mol. The second kappa shape index (κ2) is 50.5. The van der Waals surface area contributed by atoms with Gasteiger partial charge in [0.2, 0.25) is 0 Å². The lowest BCUT2D eigenvalue weighted by Crippen LogP contribution is -2.30. The van der Waals surface area contributed by atoms with Crippen molar-refractivity contribution in [2.45, 2.75) is 252 Å². The standard InChI is InChI=1S/C56H96O6/c1-4-7-10-13-16-19-22-25-27-28-30-32-35-38-41-44-47-50-56(59)62-53(51-60-54(57)48-45-42-39-36-33-24-21-18-15-12-9-6-3)52-61-55(58)49-46-43-40-37-34-31-29-26-23-20-17-14-11-8-5-2/h7,10,16-17,19-20,25-27,29-30,32,53H,4-6,8-9,11-15,18,21-24,28,31,33-52H2,1-3H3/b10-7-,19-16-,20-17-,27-25-,29-26-,32-30-/t53-/m0/s1. The lowest BCUT2D eigenvalue weighted by atomic mass is 10.0. The summed E-state index contributed by atoms with van der Waals surface area (Å²) >= 11 is 0. The average molecular weight is 865 g/mol. The Kier molecular flexibility index (Phi) is 47.9. The van der Waals surface area contributed by atoms with Crippen LogP contribution < -0.4 is 0 Å². The second-order valence-electron chi connectivity index (χ2n) is 17.1. The number of allylic oxidation sites excluding steroid dienone is 12. The first-order chi connectivity index (χ1) is 30.5. The number of rotatable bonds is 46. The highest BCUT2D eigenvalue weighted by atomic mass is 16.6. The van der Waals surface area contributed by atoms with E-state index in [1.165, 1.54) is 83.5 Å². The van der Waals surface area contributed by atoms with E-state index in [1.807, 2.05) is 0 Å². The maximum atomic E-state index is 12.8. The second-order valence-corrected chi connectivity index (χ2v) is 17.1. The minimum atomic E-state index is -0.792. The molecule has 0 aromatic rings. The minimum Gasteiger partial charge on any atom is -0.462 e. The molecule has 0 saturated carbocycles. The number of ether oxygens (including phenoxy) is 3. The zero-order chi connectivity index (χ0) is 45.1. The molecule has 0 heterocycles. The number of carbonyl (C=O) groups is 3. The van der Waals surface area contributed by atoms with Crippen LogP contribution in [0, 0.1) is 0 Å². The van der Waals surface area contributed by atoms with Crippen molar-refractivity contribution >= 4 is 17.9 Å². The van der Waals surface area contributed by atoms with E-state index in [2.05, 4.69) is 93.7 Å². The van der Waals surface area contributed by atoms with Crippen LogP contribution in [-0.4, -0.2) is 37.2 Å². The molecule has 1 atom stereocenters. The third kappa shape index (κ3) is 47.9. The van der Waals surface area contributed by atoms with E-state index in [1.54, 1.807) is 0 Å². The Labute approximate surface area is 382 Å². The van der Waals surface area contributed by atoms with E-state index < -0.39 is 6.10 Å². The molecule has 0 aliphatic heterocycles. The van der Waals surface area contributed by atoms with Crippen LogP contribution in [0.25, 0.3) is 0 Å². The Bertz CT molecular complexity index is 1180. The van der Waals surface area contributed by atoms with E-state index >= 15 is 0 Å². The highest BCUT2D eigenvalue weighted by Gasteiger charge is 2.19. The van der Waals surface area contributed by atoms with Crippen LogP contribution in [-0.2, 0) is 28.6 Å². The molecule has 6 nitrogen and oxygen atoms in total. The maximum absolute atomic E-state index is 12.8. The van der Waals surface area contributed by atoms with Crippen LogP contribution >= 0.6 is 0 Å². The Hall–Kier alpha value is -3.15. The monoisotopic (exact) mass is 865 g/mol. The lowest BCUT2D eigenvalue weighted by molar-refractivity contribution is -0.167. The summed E-state index contributed by atoms with van der Waals surface area (Å²) in [4.78, 5) is 38.0. The first-order valence-electron chi connectivity index (χ1n) is 25.9. The molecule has 0 amide bonds. The average Bonchev–Trinajstić information content (AvgIpc) is 3.27. The molecule has 0 aromatic heterocycles. The van der Waals surface area contributed by atoms with Crippen molar-refractivity contribution in [2.75, 3.05) is 13.2 Å². The zero-order valence-corrected chi connectivity index (χ0v) is 40.6. The largest absolute Gasteiger partial charge is 0.462 e. The van der Waals surface area contributed by atoms with Gasteiger partial charge in [-0.05, 0) is 89.9 Å². The Morgan fingerprint density at radius 3 is 1.02 bits per heavy atom. The third-order valence-electron chi connectivity index (χ3n) is 10.9. The Balaban J connectivity index is 4.45. The number of hydrogen-bond donors (Lipinski definition) is 0. The van der Waals surface area contributed by atoms with Gasteiger partial charge >= 0.3 is 17.9 Å². The summed E-state index contributed by atoms with van der Waals surface area (Å²) in [7, 11) is 0. The Morgan fingerprint density at radius 1 is 0.339 bits per heavy atom. The van der Waals surface area contributed by atoms with Gasteiger partial charge in [-0.3, -0.25) is 14.4 Å². The molecule has 0 spiro atoms. The number of carbonyl (C=O) groups excluding carboxylic acids is 3. The molecule has 0 aliphatic rings. The molecule has 0 bridgehead atoms. The predicted molar refractivity (Wildman–Crippen MR) is 265 cm³/mol. The first-order valence-corrected chi connectivity index (χ1v) is 25.9. The van der Waals surface area contributed by atoms with E-state index in [-0.39, 0.29) is 31.1 Å². The summed E-state index contributed by atoms with van der Waals surface area (Å²) in [6.07, 6.45) is 63.1. The molecule has 0 rings (SSSR count). The summed E-state index contributed by atoms with van der Waals surface area (Å²) in [5.41, 5.74) is 0. The zero-order valence-electron chi connectivity index (χ0n) is 40.6. The quantitative estimate of drug-likeness (QED) is 0.0262. The van der Waals surface area contributed by atoms with Gasteiger partial charge in [-0.2, -0.15) is 0 Å². The fourth-order valence-electron chi connectivity index (χ4n) is 7.05. The van der Waals surface area contributed by atoms with E-state index in [9.17, 15) is 14.4 Å². The molecule has 0 radical (unpaired) electrons. The van der Waals surface area contributed by atoms with E-state index in [0.29, 0.717) is 19.3 Å². The summed E-state index contributed by atoms with van der Waals surface area (Å²) < 4.78 is 16.8. The molecule has 0 N–H and O–H groups in total. The highest BCUT2D eigenvalue weighted by Crippen LogP contribution is 2.14. The fourth-order valence-corrected chi connectivity index (χ4v) is 7.05. The number of unbranched alkanes of at least 4 members (excludes halogenated alkanes) is 23. The predicted octanol–water partition coefficient (Wildman–Crippen LogP) is 17.0. The third-order valence-corrected chi connectivity index (χ3v) is 10.9. The smallest absolute Gasteiger partial charge is 0.306 e. The van der Waals surface area contributed by atoms with Crippen LogP contribution in [0.1, 0.15) is 245 Å². The van der Waals surface area contributed by atoms with Gasteiger partial charge in [0.05, 0.1) is 0 Å².